The highest BCUT2D eigenvalue weighted by atomic mass is 16.5. The van der Waals surface area contributed by atoms with Gasteiger partial charge < -0.3 is 38.8 Å². The highest BCUT2D eigenvalue weighted by Crippen LogP contribution is 2.42. The first-order chi connectivity index (χ1) is 33.9. The summed E-state index contributed by atoms with van der Waals surface area (Å²) in [7, 11) is 3.34. The Morgan fingerprint density at radius 1 is 1.10 bits per heavy atom. The molecular weight excluding hydrogens is 903 g/mol. The van der Waals surface area contributed by atoms with Crippen LogP contribution in [0, 0.1) is 11.3 Å². The maximum absolute atomic E-state index is 14.8. The molecular formula is C54H75N9O8. The lowest BCUT2D eigenvalue weighted by Gasteiger charge is -2.41. The standard InChI is InChI=1S/C54H75N9O8/c1-11-45(64)62-32-54(71-36(62)6)21-26-60(27-22-54)52(68)58(9)47(34(3)4)49(65)56-43-31-59-24-14-16-38(30-59)37-19-20-44-40(28-37)41(48(61(44)12-2)39-17-13-23-55-46(39)35(5)69-10)29-53(7,8)33-70-51(67)42-18-15-25-63(57-42)50(43)66/h11,13,16-17,19-20,23,28,34-36,42-43,47,57H,1,12,14-15,18,21-22,24-27,29-33H2,2-10H3,(H,56,65)/t35-,36-,42-,43-,47-/m0/s1. The highest BCUT2D eigenvalue weighted by molar-refractivity contribution is 5.95. The third-order valence-electron chi connectivity index (χ3n) is 15.3. The molecule has 6 bridgehead atoms. The number of ether oxygens (including phenoxy) is 3. The number of nitrogens with one attached hydrogen (secondary N) is 2. The number of fused-ring (bicyclic) bond motifs is 6. The van der Waals surface area contributed by atoms with Crippen LogP contribution in [0.1, 0.15) is 103 Å². The number of rotatable bonds is 9. The first-order valence-electron chi connectivity index (χ1n) is 25.6. The molecule has 6 atom stereocenters. The molecule has 0 aliphatic carbocycles. The van der Waals surface area contributed by atoms with Crippen LogP contribution in [0.4, 0.5) is 4.79 Å². The minimum atomic E-state index is -1.01. The predicted molar refractivity (Wildman–Crippen MR) is 271 cm³/mol. The van der Waals surface area contributed by atoms with Gasteiger partial charge in [0.25, 0.3) is 5.91 Å². The van der Waals surface area contributed by atoms with Gasteiger partial charge in [-0.15, -0.1) is 0 Å². The Hall–Kier alpha value is -5.62. The van der Waals surface area contributed by atoms with Gasteiger partial charge in [0.2, 0.25) is 11.8 Å². The number of hydrazine groups is 1. The third kappa shape index (κ3) is 10.6. The van der Waals surface area contributed by atoms with Crippen molar-refractivity contribution in [1.29, 1.82) is 0 Å². The van der Waals surface area contributed by atoms with Crippen molar-refractivity contribution in [3.05, 3.63) is 72.1 Å². The van der Waals surface area contributed by atoms with Gasteiger partial charge in [-0.05, 0) is 112 Å². The van der Waals surface area contributed by atoms with E-state index in [2.05, 4.69) is 77.9 Å². The molecule has 3 aromatic rings. The number of carbonyl (C=O) groups excluding carboxylic acids is 5. The summed E-state index contributed by atoms with van der Waals surface area (Å²) in [5.41, 5.74) is 9.49. The molecule has 71 heavy (non-hydrogen) atoms. The average molecular weight is 978 g/mol. The van der Waals surface area contributed by atoms with E-state index in [9.17, 15) is 24.0 Å². The van der Waals surface area contributed by atoms with E-state index in [0.717, 1.165) is 51.0 Å². The second-order valence-corrected chi connectivity index (χ2v) is 21.3. The number of benzene rings is 1. The summed E-state index contributed by atoms with van der Waals surface area (Å²) in [6, 6.07) is 7.76. The lowest BCUT2D eigenvalue weighted by molar-refractivity contribution is -0.155. The molecule has 1 spiro atoms. The molecule has 17 nitrogen and oxygen atoms in total. The molecule has 2 aromatic heterocycles. The van der Waals surface area contributed by atoms with Gasteiger partial charge in [0.15, 0.2) is 0 Å². The Bertz CT molecular complexity index is 2550. The number of hydrogen-bond donors (Lipinski definition) is 2. The average Bonchev–Trinajstić information content (AvgIpc) is 3.85. The molecule has 7 heterocycles. The van der Waals surface area contributed by atoms with Gasteiger partial charge in [0.1, 0.15) is 24.4 Å². The fraction of sp³-hybridized carbons (Fsp3) is 0.593. The van der Waals surface area contributed by atoms with Crippen LogP contribution < -0.4 is 10.7 Å². The number of likely N-dealkylation sites (N-methyl/N-ethyl adjacent to an activating group) is 1. The molecule has 1 aromatic carbocycles. The molecule has 1 unspecified atom stereocenters. The number of carbonyl (C=O) groups is 5. The maximum Gasteiger partial charge on any atom is 0.324 e. The van der Waals surface area contributed by atoms with E-state index < -0.39 is 47.2 Å². The summed E-state index contributed by atoms with van der Waals surface area (Å²) in [5.74, 6) is -1.73. The van der Waals surface area contributed by atoms with Gasteiger partial charge in [-0.25, -0.2) is 10.2 Å². The van der Waals surface area contributed by atoms with Crippen LogP contribution in [0.3, 0.4) is 0 Å². The molecule has 2 N–H and O–H groups in total. The summed E-state index contributed by atoms with van der Waals surface area (Å²) in [5, 5.41) is 5.71. The van der Waals surface area contributed by atoms with Crippen molar-refractivity contribution in [3.8, 4) is 11.3 Å². The number of piperidine rings is 1. The van der Waals surface area contributed by atoms with Crippen molar-refractivity contribution in [1.82, 2.24) is 44.9 Å². The normalized spacial score (nSPS) is 24.5. The van der Waals surface area contributed by atoms with E-state index in [1.165, 1.54) is 16.0 Å². The fourth-order valence-corrected chi connectivity index (χ4v) is 11.5. The van der Waals surface area contributed by atoms with E-state index >= 15 is 0 Å². The monoisotopic (exact) mass is 978 g/mol. The summed E-state index contributed by atoms with van der Waals surface area (Å²) in [6.07, 6.45) is 8.19. The van der Waals surface area contributed by atoms with Gasteiger partial charge in [0, 0.05) is 88.0 Å². The van der Waals surface area contributed by atoms with Gasteiger partial charge in [-0.1, -0.05) is 46.4 Å². The zero-order chi connectivity index (χ0) is 50.9. The first kappa shape index (κ1) is 51.7. The number of urea groups is 1. The molecule has 3 saturated heterocycles. The van der Waals surface area contributed by atoms with E-state index in [0.29, 0.717) is 77.9 Å². The summed E-state index contributed by atoms with van der Waals surface area (Å²) in [4.78, 5) is 82.3. The number of cyclic esters (lactones) is 1. The number of aryl methyl sites for hydroxylation is 1. The topological polar surface area (TPSA) is 171 Å². The van der Waals surface area contributed by atoms with Gasteiger partial charge in [-0.2, -0.15) is 0 Å². The van der Waals surface area contributed by atoms with E-state index in [1.54, 1.807) is 30.2 Å². The predicted octanol–water partition coefficient (Wildman–Crippen LogP) is 5.93. The van der Waals surface area contributed by atoms with Crippen molar-refractivity contribution >= 4 is 46.2 Å². The molecule has 5 amide bonds. The summed E-state index contributed by atoms with van der Waals surface area (Å²) >= 11 is 0. The van der Waals surface area contributed by atoms with Crippen LogP contribution in [0.15, 0.2) is 55.3 Å². The Morgan fingerprint density at radius 3 is 2.56 bits per heavy atom. The molecule has 0 saturated carbocycles. The van der Waals surface area contributed by atoms with Crippen LogP contribution in [0.25, 0.3) is 27.7 Å². The third-order valence-corrected chi connectivity index (χ3v) is 15.3. The van der Waals surface area contributed by atoms with Crippen molar-refractivity contribution in [3.63, 3.8) is 0 Å². The smallest absolute Gasteiger partial charge is 0.324 e. The number of methoxy groups -OCH3 is 1. The second kappa shape index (κ2) is 21.2. The van der Waals surface area contributed by atoms with Crippen LogP contribution >= 0.6 is 0 Å². The minimum Gasteiger partial charge on any atom is -0.464 e. The second-order valence-electron chi connectivity index (χ2n) is 21.3. The lowest BCUT2D eigenvalue weighted by Crippen LogP contribution is -2.64. The number of likely N-dealkylation sites (tertiary alicyclic amines) is 1. The Kier molecular flexibility index (Phi) is 15.5. The number of amides is 5. The largest absolute Gasteiger partial charge is 0.464 e. The Labute approximate surface area is 418 Å². The maximum atomic E-state index is 14.8. The van der Waals surface area contributed by atoms with Crippen molar-refractivity contribution in [2.75, 3.05) is 66.6 Å². The first-order valence-corrected chi connectivity index (χ1v) is 25.6. The highest BCUT2D eigenvalue weighted by Gasteiger charge is 2.48. The number of pyridine rings is 1. The quantitative estimate of drug-likeness (QED) is 0.193. The van der Waals surface area contributed by atoms with Crippen LogP contribution in [0.2, 0.25) is 0 Å². The SMILES string of the molecule is C=CC(=O)N1CC2(CCN(C(=O)N(C)[C@H](C(=O)N[C@H]3CN4CCC=C(C4)c4ccc5c(c4)c(c(-c4cccnc4[C@H](C)OC)n5CC)CC(C)(C)COC(=O)[C@@H]4CCCN(N4)C3=O)C(C)C)CC2)O[C@H]1C. The van der Waals surface area contributed by atoms with Gasteiger partial charge >= 0.3 is 12.0 Å². The number of nitrogens with zero attached hydrogens (tertiary/aromatic N) is 7. The van der Waals surface area contributed by atoms with Crippen molar-refractivity contribution < 1.29 is 38.2 Å². The molecule has 0 radical (unpaired) electrons. The molecule has 17 heteroatoms. The zero-order valence-electron chi connectivity index (χ0n) is 43.3. The van der Waals surface area contributed by atoms with E-state index in [4.69, 9.17) is 19.2 Å². The van der Waals surface area contributed by atoms with Crippen LogP contribution in [-0.2, 0) is 46.4 Å². The Morgan fingerprint density at radius 2 is 1.86 bits per heavy atom. The van der Waals surface area contributed by atoms with Gasteiger partial charge in [0.05, 0.1) is 36.2 Å². The molecule has 5 aliphatic heterocycles. The number of aromatic nitrogens is 2. The molecule has 384 valence electrons. The minimum absolute atomic E-state index is 0.145. The molecule has 5 aliphatic rings. The summed E-state index contributed by atoms with van der Waals surface area (Å²) < 4.78 is 20.7. The molecule has 3 fully saturated rings. The Balaban J connectivity index is 1.09. The van der Waals surface area contributed by atoms with Crippen molar-refractivity contribution in [2.45, 2.75) is 130 Å². The molecule has 8 rings (SSSR count). The zero-order valence-corrected chi connectivity index (χ0v) is 43.3. The van der Waals surface area contributed by atoms with Crippen LogP contribution in [0.5, 0.6) is 0 Å². The van der Waals surface area contributed by atoms with E-state index in [-0.39, 0.29) is 43.0 Å². The summed E-state index contributed by atoms with van der Waals surface area (Å²) in [6.45, 7) is 21.5. The number of esters is 1. The fourth-order valence-electron chi connectivity index (χ4n) is 11.5. The van der Waals surface area contributed by atoms with Crippen molar-refractivity contribution in [2.24, 2.45) is 11.3 Å². The van der Waals surface area contributed by atoms with Gasteiger partial charge in [-0.3, -0.25) is 34.1 Å². The lowest BCUT2D eigenvalue weighted by atomic mass is 9.84. The van der Waals surface area contributed by atoms with Crippen LogP contribution in [-0.4, -0.2) is 160 Å². The number of hydrogen-bond acceptors (Lipinski definition) is 11. The van der Waals surface area contributed by atoms with E-state index in [1.807, 2.05) is 33.8 Å².